The van der Waals surface area contributed by atoms with E-state index in [1.54, 1.807) is 0 Å². The second-order valence-corrected chi connectivity index (χ2v) is 4.67. The first-order valence-electron chi connectivity index (χ1n) is 5.49. The zero-order chi connectivity index (χ0) is 11.4. The van der Waals surface area contributed by atoms with Gasteiger partial charge in [0.15, 0.2) is 0 Å². The van der Waals surface area contributed by atoms with Gasteiger partial charge in [0.05, 0.1) is 6.10 Å². The summed E-state index contributed by atoms with van der Waals surface area (Å²) in [6.07, 6.45) is 3.73. The third kappa shape index (κ3) is 3.68. The molecule has 0 aliphatic carbocycles. The molecule has 1 N–H and O–H groups in total. The minimum absolute atomic E-state index is 0.273. The number of aromatic nitrogens is 1. The predicted molar refractivity (Wildman–Crippen MR) is 62.8 cm³/mol. The Morgan fingerprint density at radius 1 is 1.40 bits per heavy atom. The highest BCUT2D eigenvalue weighted by Crippen LogP contribution is 2.21. The second kappa shape index (κ2) is 5.33. The lowest BCUT2D eigenvalue weighted by Crippen LogP contribution is -2.17. The molecule has 0 aromatic carbocycles. The van der Waals surface area contributed by atoms with E-state index >= 15 is 0 Å². The van der Waals surface area contributed by atoms with E-state index in [2.05, 4.69) is 23.6 Å². The van der Waals surface area contributed by atoms with E-state index in [1.807, 2.05) is 32.3 Å². The van der Waals surface area contributed by atoms with Crippen LogP contribution in [0.25, 0.3) is 0 Å². The topological polar surface area (TPSA) is 28.4 Å². The van der Waals surface area contributed by atoms with Crippen molar-refractivity contribution in [3.63, 3.8) is 0 Å². The number of likely N-dealkylation sites (N-methyl/N-ethyl adjacent to an activating group) is 1. The smallest absolute Gasteiger partial charge is 0.0827 e. The van der Waals surface area contributed by atoms with Gasteiger partial charge in [-0.25, -0.2) is 0 Å². The van der Waals surface area contributed by atoms with Gasteiger partial charge in [-0.3, -0.25) is 0 Å². The van der Waals surface area contributed by atoms with Crippen LogP contribution < -0.4 is 0 Å². The first kappa shape index (κ1) is 12.3. The second-order valence-electron chi connectivity index (χ2n) is 4.67. The zero-order valence-corrected chi connectivity index (χ0v) is 10.1. The maximum atomic E-state index is 9.86. The SMILES string of the molecule is CC(C)C(O)c1ccn(CCN(C)C)c1. The van der Waals surface area contributed by atoms with Crippen LogP contribution in [0.1, 0.15) is 25.5 Å². The van der Waals surface area contributed by atoms with Crippen molar-refractivity contribution in [1.82, 2.24) is 9.47 Å². The molecule has 0 aliphatic heterocycles. The lowest BCUT2D eigenvalue weighted by molar-refractivity contribution is 0.127. The fourth-order valence-corrected chi connectivity index (χ4v) is 1.47. The fraction of sp³-hybridized carbons (Fsp3) is 0.667. The van der Waals surface area contributed by atoms with Crippen LogP contribution >= 0.6 is 0 Å². The Morgan fingerprint density at radius 2 is 2.07 bits per heavy atom. The number of hydrogen-bond acceptors (Lipinski definition) is 2. The summed E-state index contributed by atoms with van der Waals surface area (Å²) >= 11 is 0. The van der Waals surface area contributed by atoms with Crippen LogP contribution in [0, 0.1) is 5.92 Å². The summed E-state index contributed by atoms with van der Waals surface area (Å²) in [7, 11) is 4.13. The van der Waals surface area contributed by atoms with Gasteiger partial charge in [-0.05, 0) is 31.6 Å². The van der Waals surface area contributed by atoms with E-state index in [9.17, 15) is 5.11 Å². The first-order valence-corrected chi connectivity index (χ1v) is 5.49. The van der Waals surface area contributed by atoms with Crippen molar-refractivity contribution in [2.24, 2.45) is 5.92 Å². The van der Waals surface area contributed by atoms with Gasteiger partial charge in [-0.2, -0.15) is 0 Å². The van der Waals surface area contributed by atoms with Gasteiger partial charge in [-0.1, -0.05) is 13.8 Å². The van der Waals surface area contributed by atoms with E-state index in [4.69, 9.17) is 0 Å². The molecule has 0 saturated heterocycles. The molecular weight excluding hydrogens is 188 g/mol. The summed E-state index contributed by atoms with van der Waals surface area (Å²) in [5.41, 5.74) is 1.02. The maximum absolute atomic E-state index is 9.86. The largest absolute Gasteiger partial charge is 0.388 e. The van der Waals surface area contributed by atoms with Crippen LogP contribution in [0.15, 0.2) is 18.5 Å². The van der Waals surface area contributed by atoms with Crippen LogP contribution in [-0.2, 0) is 6.54 Å². The molecule has 0 aliphatic rings. The highest BCUT2D eigenvalue weighted by Gasteiger charge is 2.12. The molecule has 1 aromatic heterocycles. The van der Waals surface area contributed by atoms with Gasteiger partial charge in [0.1, 0.15) is 0 Å². The van der Waals surface area contributed by atoms with Gasteiger partial charge in [-0.15, -0.1) is 0 Å². The predicted octanol–water partition coefficient (Wildman–Crippen LogP) is 1.74. The maximum Gasteiger partial charge on any atom is 0.0827 e. The van der Waals surface area contributed by atoms with Crippen molar-refractivity contribution in [3.05, 3.63) is 24.0 Å². The van der Waals surface area contributed by atoms with Gasteiger partial charge >= 0.3 is 0 Å². The van der Waals surface area contributed by atoms with Crippen molar-refractivity contribution in [2.45, 2.75) is 26.5 Å². The average molecular weight is 210 g/mol. The third-order valence-electron chi connectivity index (χ3n) is 2.55. The Bertz CT molecular complexity index is 292. The van der Waals surface area contributed by atoms with Gasteiger partial charge in [0.25, 0.3) is 0 Å². The molecular formula is C12H22N2O. The number of aliphatic hydroxyl groups is 1. The molecule has 1 atom stereocenters. The summed E-state index contributed by atoms with van der Waals surface area (Å²) in [6, 6.07) is 2.00. The molecule has 1 rings (SSSR count). The van der Waals surface area contributed by atoms with Gasteiger partial charge < -0.3 is 14.6 Å². The molecule has 0 fully saturated rings. The molecule has 1 heterocycles. The molecule has 86 valence electrons. The van der Waals surface area contributed by atoms with Crippen LogP contribution in [0.3, 0.4) is 0 Å². The monoisotopic (exact) mass is 210 g/mol. The summed E-state index contributed by atoms with van der Waals surface area (Å²) in [4.78, 5) is 2.15. The Balaban J connectivity index is 2.56. The molecule has 1 unspecified atom stereocenters. The molecule has 0 spiro atoms. The lowest BCUT2D eigenvalue weighted by Gasteiger charge is -2.13. The Labute approximate surface area is 92.3 Å². The molecule has 3 heteroatoms. The standard InChI is InChI=1S/C12H22N2O/c1-10(2)12(15)11-5-6-14(9-11)8-7-13(3)4/h5-6,9-10,12,15H,7-8H2,1-4H3. The lowest BCUT2D eigenvalue weighted by atomic mass is 10.0. The van der Waals surface area contributed by atoms with Gasteiger partial charge in [0.2, 0.25) is 0 Å². The van der Waals surface area contributed by atoms with Crippen molar-refractivity contribution in [1.29, 1.82) is 0 Å². The summed E-state index contributed by atoms with van der Waals surface area (Å²) in [5.74, 6) is 0.273. The normalized spacial score (nSPS) is 13.8. The molecule has 3 nitrogen and oxygen atoms in total. The van der Waals surface area contributed by atoms with Crippen LogP contribution in [-0.4, -0.2) is 35.2 Å². The van der Waals surface area contributed by atoms with E-state index in [0.29, 0.717) is 0 Å². The zero-order valence-electron chi connectivity index (χ0n) is 10.1. The van der Waals surface area contributed by atoms with E-state index < -0.39 is 0 Å². The van der Waals surface area contributed by atoms with Crippen molar-refractivity contribution < 1.29 is 5.11 Å². The summed E-state index contributed by atoms with van der Waals surface area (Å²) < 4.78 is 2.13. The molecule has 1 aromatic rings. The Hall–Kier alpha value is -0.800. The fourth-order valence-electron chi connectivity index (χ4n) is 1.47. The number of aliphatic hydroxyl groups excluding tert-OH is 1. The van der Waals surface area contributed by atoms with E-state index in [0.717, 1.165) is 18.7 Å². The molecule has 15 heavy (non-hydrogen) atoms. The minimum atomic E-state index is -0.342. The highest BCUT2D eigenvalue weighted by molar-refractivity contribution is 5.14. The summed E-state index contributed by atoms with van der Waals surface area (Å²) in [5, 5.41) is 9.86. The van der Waals surface area contributed by atoms with E-state index in [-0.39, 0.29) is 12.0 Å². The van der Waals surface area contributed by atoms with Gasteiger partial charge in [0, 0.05) is 25.5 Å². The highest BCUT2D eigenvalue weighted by atomic mass is 16.3. The van der Waals surface area contributed by atoms with Crippen molar-refractivity contribution >= 4 is 0 Å². The number of hydrogen-bond donors (Lipinski definition) is 1. The van der Waals surface area contributed by atoms with Crippen LogP contribution in [0.5, 0.6) is 0 Å². The molecule has 0 amide bonds. The first-order chi connectivity index (χ1) is 7.00. The van der Waals surface area contributed by atoms with E-state index in [1.165, 1.54) is 0 Å². The van der Waals surface area contributed by atoms with Crippen LogP contribution in [0.2, 0.25) is 0 Å². The third-order valence-corrected chi connectivity index (χ3v) is 2.55. The molecule has 0 radical (unpaired) electrons. The number of rotatable bonds is 5. The number of nitrogens with zero attached hydrogens (tertiary/aromatic N) is 2. The summed E-state index contributed by atoms with van der Waals surface area (Å²) in [6.45, 7) is 6.05. The average Bonchev–Trinajstić information content (AvgIpc) is 2.61. The minimum Gasteiger partial charge on any atom is -0.388 e. The van der Waals surface area contributed by atoms with Crippen molar-refractivity contribution in [2.75, 3.05) is 20.6 Å². The Kier molecular flexibility index (Phi) is 4.36. The van der Waals surface area contributed by atoms with Crippen molar-refractivity contribution in [3.8, 4) is 0 Å². The molecule has 0 saturated carbocycles. The van der Waals surface area contributed by atoms with Crippen LogP contribution in [0.4, 0.5) is 0 Å². The molecule has 0 bridgehead atoms. The quantitative estimate of drug-likeness (QED) is 0.802. The Morgan fingerprint density at radius 3 is 2.60 bits per heavy atom.